The monoisotopic (exact) mass is 1160 g/mol. The minimum atomic E-state index is -1.98. The Morgan fingerprint density at radius 1 is 0.432 bits per heavy atom. The van der Waals surface area contributed by atoms with Crippen molar-refractivity contribution in [2.75, 3.05) is 26.4 Å². The van der Waals surface area contributed by atoms with Crippen molar-refractivity contribution < 1.29 is 89.4 Å². The highest BCUT2D eigenvalue weighted by atomic mass is 16.8. The maximum atomic E-state index is 13.3. The molecule has 0 aromatic rings. The Kier molecular flexibility index (Phi) is 41.0. The van der Waals surface area contributed by atoms with Gasteiger partial charge in [0.2, 0.25) is 5.91 Å². The van der Waals surface area contributed by atoms with Gasteiger partial charge < -0.3 is 89.9 Å². The van der Waals surface area contributed by atoms with Crippen LogP contribution >= 0.6 is 0 Å². The first-order valence-corrected chi connectivity index (χ1v) is 31.7. The van der Waals surface area contributed by atoms with Gasteiger partial charge in [0.15, 0.2) is 18.9 Å². The molecule has 0 radical (unpaired) electrons. The molecule has 3 saturated heterocycles. The van der Waals surface area contributed by atoms with Gasteiger partial charge in [-0.3, -0.25) is 4.79 Å². The second-order valence-electron chi connectivity index (χ2n) is 22.9. The van der Waals surface area contributed by atoms with Crippen LogP contribution in [0, 0.1) is 0 Å². The van der Waals surface area contributed by atoms with E-state index in [1.165, 1.54) is 141 Å². The summed E-state index contributed by atoms with van der Waals surface area (Å²) in [4.78, 5) is 13.3. The molecule has 0 aliphatic carbocycles. The Bertz CT molecular complexity index is 1620. The Morgan fingerprint density at radius 2 is 0.790 bits per heavy atom. The highest BCUT2D eigenvalue weighted by Gasteiger charge is 2.53. The Labute approximate surface area is 485 Å². The van der Waals surface area contributed by atoms with E-state index < -0.39 is 124 Å². The molecule has 3 rings (SSSR count). The van der Waals surface area contributed by atoms with Crippen molar-refractivity contribution in [3.63, 3.8) is 0 Å². The summed E-state index contributed by atoms with van der Waals surface area (Å²) in [5.41, 5.74) is 0. The third kappa shape index (κ3) is 28.8. The first-order chi connectivity index (χ1) is 39.3. The number of hydrogen-bond donors (Lipinski definition) is 12. The third-order valence-corrected chi connectivity index (χ3v) is 15.9. The van der Waals surface area contributed by atoms with E-state index in [-0.39, 0.29) is 18.9 Å². The van der Waals surface area contributed by atoms with Crippen LogP contribution in [0.5, 0.6) is 0 Å². The molecule has 0 spiro atoms. The molecule has 19 nitrogen and oxygen atoms in total. The zero-order chi connectivity index (χ0) is 59.0. The lowest BCUT2D eigenvalue weighted by Gasteiger charge is -2.48. The average molecular weight is 1160 g/mol. The Hall–Kier alpha value is -1.99. The number of unbranched alkanes of at least 4 members (excludes halogenated alkanes) is 27. The summed E-state index contributed by atoms with van der Waals surface area (Å²) in [6.45, 7) is 1.65. The van der Waals surface area contributed by atoms with Gasteiger partial charge in [-0.2, -0.15) is 0 Å². The van der Waals surface area contributed by atoms with E-state index in [1.807, 2.05) is 6.08 Å². The van der Waals surface area contributed by atoms with Crippen LogP contribution in [0.15, 0.2) is 36.5 Å². The molecule has 0 saturated carbocycles. The molecule has 3 fully saturated rings. The van der Waals surface area contributed by atoms with Gasteiger partial charge in [0.05, 0.1) is 38.6 Å². The second-order valence-corrected chi connectivity index (χ2v) is 22.9. The predicted molar refractivity (Wildman–Crippen MR) is 309 cm³/mol. The topological polar surface area (TPSA) is 307 Å². The number of amides is 1. The van der Waals surface area contributed by atoms with E-state index in [0.29, 0.717) is 12.8 Å². The number of aliphatic hydroxyl groups excluding tert-OH is 11. The van der Waals surface area contributed by atoms with E-state index in [2.05, 4.69) is 43.5 Å². The van der Waals surface area contributed by atoms with Crippen LogP contribution in [0.2, 0.25) is 0 Å². The summed E-state index contributed by atoms with van der Waals surface area (Å²) in [6.07, 6.45) is 22.9. The molecule has 0 bridgehead atoms. The maximum Gasteiger partial charge on any atom is 0.220 e. The fourth-order valence-electron chi connectivity index (χ4n) is 10.7. The normalized spacial score (nSPS) is 30.0. The number of carbonyl (C=O) groups excluding carboxylic acids is 1. The van der Waals surface area contributed by atoms with Crippen LogP contribution in [0.3, 0.4) is 0 Å². The standard InChI is InChI=1S/C62H113NO18/c1-3-5-7-9-11-13-15-17-18-19-20-21-22-23-24-25-26-27-28-30-32-34-36-38-40-50(68)63-45(46(67)39-37-35-33-31-29-16-14-12-10-8-6-4-2)44-76-60-56(74)53(71)58(48(42-65)78-60)81-62-57(75)54(72)59(49(43-66)79-62)80-61-55(73)52(70)51(69)47(41-64)77-61/h10,12,29,31,37,39,45-49,51-62,64-67,69-75H,3-9,11,13-28,30,32-36,38,40-44H2,1-2H3,(H,63,68)/b12-10+,31-29+,39-37+. The van der Waals surface area contributed by atoms with E-state index >= 15 is 0 Å². The lowest BCUT2D eigenvalue weighted by molar-refractivity contribution is -0.379. The first-order valence-electron chi connectivity index (χ1n) is 31.7. The zero-order valence-corrected chi connectivity index (χ0v) is 49.5. The van der Waals surface area contributed by atoms with E-state index in [1.54, 1.807) is 6.08 Å². The third-order valence-electron chi connectivity index (χ3n) is 15.9. The minimum Gasteiger partial charge on any atom is -0.394 e. The van der Waals surface area contributed by atoms with Gasteiger partial charge in [-0.05, 0) is 38.5 Å². The predicted octanol–water partition coefficient (Wildman–Crippen LogP) is 6.49. The zero-order valence-electron chi connectivity index (χ0n) is 49.5. The van der Waals surface area contributed by atoms with Crippen LogP contribution in [0.1, 0.15) is 219 Å². The number of rotatable bonds is 47. The molecule has 3 heterocycles. The smallest absolute Gasteiger partial charge is 0.220 e. The number of carbonyl (C=O) groups is 1. The van der Waals surface area contributed by atoms with Crippen LogP contribution in [0.4, 0.5) is 0 Å². The number of aliphatic hydroxyl groups is 11. The first kappa shape index (κ1) is 73.3. The summed E-state index contributed by atoms with van der Waals surface area (Å²) in [5.74, 6) is -0.288. The SMILES string of the molecule is CCCC/C=C/CC/C=C/CC/C=C/C(O)C(COC1OC(CO)C(OC2OC(CO)C(OC3OC(CO)C(O)C(O)C3O)C(O)C2O)C(O)C1O)NC(=O)CCCCCCCCCCCCCCCCCCCCCCCCCC. The van der Waals surface area contributed by atoms with Crippen molar-refractivity contribution in [2.45, 2.75) is 324 Å². The summed E-state index contributed by atoms with van der Waals surface area (Å²) in [6, 6.07) is -0.992. The van der Waals surface area contributed by atoms with Crippen molar-refractivity contribution in [3.8, 4) is 0 Å². The van der Waals surface area contributed by atoms with Gasteiger partial charge in [-0.1, -0.05) is 211 Å². The number of ether oxygens (including phenoxy) is 6. The summed E-state index contributed by atoms with van der Waals surface area (Å²) in [5, 5.41) is 120. The fraction of sp³-hybridized carbons (Fsp3) is 0.887. The summed E-state index contributed by atoms with van der Waals surface area (Å²) < 4.78 is 34.2. The lowest BCUT2D eigenvalue weighted by Crippen LogP contribution is -2.66. The molecule has 1 amide bonds. The second kappa shape index (κ2) is 45.3. The van der Waals surface area contributed by atoms with Gasteiger partial charge in [-0.15, -0.1) is 0 Å². The van der Waals surface area contributed by atoms with Crippen LogP contribution in [0.25, 0.3) is 0 Å². The highest BCUT2D eigenvalue weighted by Crippen LogP contribution is 2.33. The van der Waals surface area contributed by atoms with Gasteiger partial charge in [0, 0.05) is 6.42 Å². The molecular weight excluding hydrogens is 1050 g/mol. The maximum absolute atomic E-state index is 13.3. The van der Waals surface area contributed by atoms with Crippen molar-refractivity contribution in [1.82, 2.24) is 5.32 Å². The van der Waals surface area contributed by atoms with E-state index in [9.17, 15) is 61.0 Å². The van der Waals surface area contributed by atoms with E-state index in [0.717, 1.165) is 44.9 Å². The van der Waals surface area contributed by atoms with Gasteiger partial charge in [0.25, 0.3) is 0 Å². The largest absolute Gasteiger partial charge is 0.394 e. The van der Waals surface area contributed by atoms with Crippen LogP contribution < -0.4 is 5.32 Å². The summed E-state index contributed by atoms with van der Waals surface area (Å²) in [7, 11) is 0. The molecule has 19 heteroatoms. The molecule has 3 aliphatic heterocycles. The van der Waals surface area contributed by atoms with Crippen molar-refractivity contribution >= 4 is 5.91 Å². The molecular formula is C62H113NO18. The van der Waals surface area contributed by atoms with Gasteiger partial charge >= 0.3 is 0 Å². The van der Waals surface area contributed by atoms with Crippen molar-refractivity contribution in [3.05, 3.63) is 36.5 Å². The van der Waals surface area contributed by atoms with Crippen molar-refractivity contribution in [2.24, 2.45) is 0 Å². The fourth-order valence-corrected chi connectivity index (χ4v) is 10.7. The van der Waals surface area contributed by atoms with Gasteiger partial charge in [-0.25, -0.2) is 0 Å². The Morgan fingerprint density at radius 3 is 1.22 bits per heavy atom. The molecule has 0 aromatic heterocycles. The molecule has 12 N–H and O–H groups in total. The van der Waals surface area contributed by atoms with Crippen LogP contribution in [-0.2, 0) is 33.2 Å². The lowest BCUT2D eigenvalue weighted by atomic mass is 9.96. The van der Waals surface area contributed by atoms with Crippen LogP contribution in [-0.4, -0.2) is 193 Å². The van der Waals surface area contributed by atoms with Crippen molar-refractivity contribution in [1.29, 1.82) is 0 Å². The molecule has 0 aromatic carbocycles. The molecule has 81 heavy (non-hydrogen) atoms. The Balaban J connectivity index is 1.44. The molecule has 17 atom stereocenters. The number of allylic oxidation sites excluding steroid dienone is 5. The molecule has 474 valence electrons. The minimum absolute atomic E-state index is 0.235. The number of nitrogens with one attached hydrogen (secondary N) is 1. The van der Waals surface area contributed by atoms with Gasteiger partial charge in [0.1, 0.15) is 73.2 Å². The summed E-state index contributed by atoms with van der Waals surface area (Å²) >= 11 is 0. The van der Waals surface area contributed by atoms with E-state index in [4.69, 9.17) is 28.4 Å². The quantitative estimate of drug-likeness (QED) is 0.0229. The number of hydrogen-bond acceptors (Lipinski definition) is 18. The molecule has 3 aliphatic rings. The average Bonchev–Trinajstić information content (AvgIpc) is 3.46. The highest BCUT2D eigenvalue weighted by molar-refractivity contribution is 5.76. The molecule has 17 unspecified atom stereocenters.